The maximum atomic E-state index is 2.31. The summed E-state index contributed by atoms with van der Waals surface area (Å²) in [4.78, 5) is 0. The molecule has 0 amide bonds. The summed E-state index contributed by atoms with van der Waals surface area (Å²) in [5, 5.41) is 2.80. The lowest BCUT2D eigenvalue weighted by Gasteiger charge is -2.26. The second-order valence-electron chi connectivity index (χ2n) is 7.21. The molecule has 0 aromatic heterocycles. The molecular weight excluding hydrogens is 216 g/mol. The third-order valence-electron chi connectivity index (χ3n) is 3.54. The Balaban J connectivity index is 2.83. The van der Waals surface area contributed by atoms with Crippen LogP contribution in [0.25, 0.3) is 10.8 Å². The van der Waals surface area contributed by atoms with Crippen LogP contribution in [0.3, 0.4) is 0 Å². The van der Waals surface area contributed by atoms with Crippen LogP contribution in [-0.2, 0) is 10.8 Å². The van der Waals surface area contributed by atoms with Crippen LogP contribution in [0, 0.1) is 0 Å². The summed E-state index contributed by atoms with van der Waals surface area (Å²) in [6.07, 6.45) is 0. The fourth-order valence-electron chi connectivity index (χ4n) is 2.61. The molecule has 0 atom stereocenters. The number of hydrogen-bond donors (Lipinski definition) is 0. The average molecular weight is 240 g/mol. The Morgan fingerprint density at radius 3 is 1.17 bits per heavy atom. The molecule has 96 valence electrons. The zero-order chi connectivity index (χ0) is 13.6. The monoisotopic (exact) mass is 240 g/mol. The standard InChI is InChI=1S/C18H24/c1-17(2,3)15-11-12-16(18(4,5)6)14-10-8-7-9-13(14)15/h7-12H,1-6H3. The van der Waals surface area contributed by atoms with E-state index in [0.29, 0.717) is 0 Å². The number of fused-ring (bicyclic) bond motifs is 1. The van der Waals surface area contributed by atoms with Crippen molar-refractivity contribution < 1.29 is 0 Å². The SMILES string of the molecule is CC(C)(C)c1ccc(C(C)(C)C)c2ccccc12. The minimum Gasteiger partial charge on any atom is -0.0616 e. The highest BCUT2D eigenvalue weighted by atomic mass is 14.3. The molecule has 2 rings (SSSR count). The van der Waals surface area contributed by atoms with Gasteiger partial charge in [0.1, 0.15) is 0 Å². The Labute approximate surface area is 111 Å². The molecule has 0 radical (unpaired) electrons. The lowest BCUT2D eigenvalue weighted by atomic mass is 9.78. The van der Waals surface area contributed by atoms with Crippen molar-refractivity contribution in [3.05, 3.63) is 47.5 Å². The van der Waals surface area contributed by atoms with Crippen LogP contribution >= 0.6 is 0 Å². The summed E-state index contributed by atoms with van der Waals surface area (Å²) >= 11 is 0. The molecule has 0 aliphatic rings. The lowest BCUT2D eigenvalue weighted by molar-refractivity contribution is 0.585. The van der Waals surface area contributed by atoms with Crippen LogP contribution in [0.5, 0.6) is 0 Å². The van der Waals surface area contributed by atoms with E-state index in [9.17, 15) is 0 Å². The van der Waals surface area contributed by atoms with Gasteiger partial charge in [0, 0.05) is 0 Å². The predicted octanol–water partition coefficient (Wildman–Crippen LogP) is 5.43. The molecule has 0 fully saturated rings. The Bertz CT molecular complexity index is 510. The van der Waals surface area contributed by atoms with Crippen LogP contribution in [-0.4, -0.2) is 0 Å². The number of rotatable bonds is 0. The van der Waals surface area contributed by atoms with Gasteiger partial charge in [-0.25, -0.2) is 0 Å². The van der Waals surface area contributed by atoms with E-state index in [-0.39, 0.29) is 10.8 Å². The molecule has 0 N–H and O–H groups in total. The molecule has 0 aliphatic carbocycles. The molecule has 2 aromatic rings. The van der Waals surface area contributed by atoms with Crippen molar-refractivity contribution >= 4 is 10.8 Å². The lowest BCUT2D eigenvalue weighted by Crippen LogP contribution is -2.15. The smallest absolute Gasteiger partial charge is 0.0126 e. The highest BCUT2D eigenvalue weighted by Gasteiger charge is 2.21. The van der Waals surface area contributed by atoms with Gasteiger partial charge in [0.2, 0.25) is 0 Å². The van der Waals surface area contributed by atoms with E-state index in [1.807, 2.05) is 0 Å². The minimum absolute atomic E-state index is 0.190. The van der Waals surface area contributed by atoms with Gasteiger partial charge in [0.15, 0.2) is 0 Å². The molecule has 0 unspecified atom stereocenters. The summed E-state index contributed by atoms with van der Waals surface area (Å²) in [6.45, 7) is 13.7. The quantitative estimate of drug-likeness (QED) is 0.575. The van der Waals surface area contributed by atoms with Crippen LogP contribution in [0.2, 0.25) is 0 Å². The van der Waals surface area contributed by atoms with Crippen molar-refractivity contribution in [2.24, 2.45) is 0 Å². The molecule has 0 nitrogen and oxygen atoms in total. The molecule has 0 saturated carbocycles. The first-order valence-corrected chi connectivity index (χ1v) is 6.74. The van der Waals surface area contributed by atoms with Crippen LogP contribution in [0.1, 0.15) is 52.7 Å². The van der Waals surface area contributed by atoms with Crippen molar-refractivity contribution in [1.82, 2.24) is 0 Å². The van der Waals surface area contributed by atoms with Crippen molar-refractivity contribution in [3.63, 3.8) is 0 Å². The van der Waals surface area contributed by atoms with E-state index >= 15 is 0 Å². The van der Waals surface area contributed by atoms with Crippen molar-refractivity contribution in [3.8, 4) is 0 Å². The molecule has 0 heterocycles. The summed E-state index contributed by atoms with van der Waals surface area (Å²) in [7, 11) is 0. The van der Waals surface area contributed by atoms with E-state index < -0.39 is 0 Å². The van der Waals surface area contributed by atoms with Crippen LogP contribution in [0.15, 0.2) is 36.4 Å². The van der Waals surface area contributed by atoms with Crippen molar-refractivity contribution in [2.75, 3.05) is 0 Å². The molecule has 0 spiro atoms. The fourth-order valence-corrected chi connectivity index (χ4v) is 2.61. The largest absolute Gasteiger partial charge is 0.0616 e. The third-order valence-corrected chi connectivity index (χ3v) is 3.54. The number of hydrogen-bond acceptors (Lipinski definition) is 0. The predicted molar refractivity (Wildman–Crippen MR) is 81.3 cm³/mol. The Kier molecular flexibility index (Phi) is 3.01. The highest BCUT2D eigenvalue weighted by Crippen LogP contribution is 2.36. The van der Waals surface area contributed by atoms with Crippen molar-refractivity contribution in [1.29, 1.82) is 0 Å². The van der Waals surface area contributed by atoms with E-state index in [2.05, 4.69) is 77.9 Å². The van der Waals surface area contributed by atoms with Gasteiger partial charge in [0.25, 0.3) is 0 Å². The first-order chi connectivity index (χ1) is 8.21. The third kappa shape index (κ3) is 2.29. The highest BCUT2D eigenvalue weighted by molar-refractivity contribution is 5.90. The summed E-state index contributed by atoms with van der Waals surface area (Å²) in [5.41, 5.74) is 3.25. The van der Waals surface area contributed by atoms with E-state index in [1.165, 1.54) is 21.9 Å². The molecule has 18 heavy (non-hydrogen) atoms. The van der Waals surface area contributed by atoms with E-state index in [1.54, 1.807) is 0 Å². The number of benzene rings is 2. The van der Waals surface area contributed by atoms with E-state index in [0.717, 1.165) is 0 Å². The van der Waals surface area contributed by atoms with Gasteiger partial charge >= 0.3 is 0 Å². The van der Waals surface area contributed by atoms with Crippen molar-refractivity contribution in [2.45, 2.75) is 52.4 Å². The fraction of sp³-hybridized carbons (Fsp3) is 0.444. The first-order valence-electron chi connectivity index (χ1n) is 6.74. The van der Waals surface area contributed by atoms with Crippen LogP contribution < -0.4 is 0 Å². The summed E-state index contributed by atoms with van der Waals surface area (Å²) in [5.74, 6) is 0. The Morgan fingerprint density at radius 2 is 0.889 bits per heavy atom. The second-order valence-corrected chi connectivity index (χ2v) is 7.21. The molecular formula is C18H24. The normalized spacial score (nSPS) is 13.0. The molecule has 0 saturated heterocycles. The molecule has 0 heteroatoms. The molecule has 0 aliphatic heterocycles. The maximum absolute atomic E-state index is 2.31. The van der Waals surface area contributed by atoms with Gasteiger partial charge in [-0.1, -0.05) is 77.9 Å². The average Bonchev–Trinajstić information content (AvgIpc) is 2.24. The van der Waals surface area contributed by atoms with Gasteiger partial charge < -0.3 is 0 Å². The Morgan fingerprint density at radius 1 is 0.556 bits per heavy atom. The van der Waals surface area contributed by atoms with Gasteiger partial charge in [0.05, 0.1) is 0 Å². The van der Waals surface area contributed by atoms with Gasteiger partial charge in [-0.15, -0.1) is 0 Å². The maximum Gasteiger partial charge on any atom is -0.0126 e. The second kappa shape index (κ2) is 4.12. The van der Waals surface area contributed by atoms with Crippen LogP contribution in [0.4, 0.5) is 0 Å². The van der Waals surface area contributed by atoms with Gasteiger partial charge in [-0.2, -0.15) is 0 Å². The van der Waals surface area contributed by atoms with Gasteiger partial charge in [-0.3, -0.25) is 0 Å². The zero-order valence-electron chi connectivity index (χ0n) is 12.5. The topological polar surface area (TPSA) is 0 Å². The molecule has 0 bridgehead atoms. The summed E-state index contributed by atoms with van der Waals surface area (Å²) in [6, 6.07) is 13.4. The first kappa shape index (κ1) is 13.1. The summed E-state index contributed by atoms with van der Waals surface area (Å²) < 4.78 is 0. The van der Waals surface area contributed by atoms with E-state index in [4.69, 9.17) is 0 Å². The van der Waals surface area contributed by atoms with Gasteiger partial charge in [-0.05, 0) is 32.7 Å². The Hall–Kier alpha value is -1.30. The minimum atomic E-state index is 0.190. The zero-order valence-corrected chi connectivity index (χ0v) is 12.5. The molecule has 2 aromatic carbocycles.